The average Bonchev–Trinajstić information content (AvgIpc) is 2.64. The van der Waals surface area contributed by atoms with Crippen molar-refractivity contribution in [2.24, 2.45) is 0 Å². The van der Waals surface area contributed by atoms with Crippen LogP contribution in [-0.4, -0.2) is 41.8 Å². The molecule has 26 heavy (non-hydrogen) atoms. The summed E-state index contributed by atoms with van der Waals surface area (Å²) in [6.07, 6.45) is 4.25. The Morgan fingerprint density at radius 2 is 1.65 bits per heavy atom. The normalized spacial score (nSPS) is 10.7. The molecule has 1 aromatic carbocycles. The van der Waals surface area contributed by atoms with E-state index >= 15 is 0 Å². The highest BCUT2D eigenvalue weighted by Gasteiger charge is 2.18. The van der Waals surface area contributed by atoms with Gasteiger partial charge >= 0.3 is 0 Å². The molecule has 2 rings (SSSR count). The van der Waals surface area contributed by atoms with E-state index < -0.39 is 0 Å². The van der Waals surface area contributed by atoms with Crippen molar-refractivity contribution in [3.63, 3.8) is 0 Å². The van der Waals surface area contributed by atoms with Crippen LogP contribution >= 0.6 is 0 Å². The number of pyridine rings is 1. The molecule has 2 amide bonds. The number of hydrogen-bond acceptors (Lipinski definition) is 3. The smallest absolute Gasteiger partial charge is 0.242 e. The molecule has 0 spiro atoms. The van der Waals surface area contributed by atoms with Crippen LogP contribution in [0.4, 0.5) is 5.69 Å². The Kier molecular flexibility index (Phi) is 6.89. The maximum absolute atomic E-state index is 12.5. The third-order valence-electron chi connectivity index (χ3n) is 4.46. The van der Waals surface area contributed by atoms with Gasteiger partial charge in [0.05, 0.1) is 0 Å². The second-order valence-corrected chi connectivity index (χ2v) is 6.77. The molecule has 1 aromatic heterocycles. The fraction of sp³-hybridized carbons (Fsp3) is 0.381. The largest absolute Gasteiger partial charge is 0.344 e. The maximum atomic E-state index is 12.5. The predicted molar refractivity (Wildman–Crippen MR) is 104 cm³/mol. The number of likely N-dealkylation sites (N-methyl/N-ethyl adjacent to an activating group) is 1. The second-order valence-electron chi connectivity index (χ2n) is 6.77. The Balaban J connectivity index is 1.99. The summed E-state index contributed by atoms with van der Waals surface area (Å²) in [6, 6.07) is 11.7. The van der Waals surface area contributed by atoms with Gasteiger partial charge in [0.2, 0.25) is 11.8 Å². The van der Waals surface area contributed by atoms with Crippen LogP contribution in [0.3, 0.4) is 0 Å². The van der Waals surface area contributed by atoms with Crippen molar-refractivity contribution >= 4 is 17.5 Å². The van der Waals surface area contributed by atoms with Gasteiger partial charge in [0.1, 0.15) is 6.54 Å². The third kappa shape index (κ3) is 5.41. The highest BCUT2D eigenvalue weighted by Crippen LogP contribution is 2.20. The van der Waals surface area contributed by atoms with Gasteiger partial charge < -0.3 is 9.80 Å². The first-order chi connectivity index (χ1) is 12.4. The van der Waals surface area contributed by atoms with E-state index in [4.69, 9.17) is 0 Å². The summed E-state index contributed by atoms with van der Waals surface area (Å²) >= 11 is 0. The summed E-state index contributed by atoms with van der Waals surface area (Å²) < 4.78 is 0. The lowest BCUT2D eigenvalue weighted by atomic mass is 10.0. The molecular formula is C21H27N3O2. The molecule has 0 aliphatic heterocycles. The van der Waals surface area contributed by atoms with Crippen molar-refractivity contribution in [1.82, 2.24) is 9.88 Å². The average molecular weight is 353 g/mol. The van der Waals surface area contributed by atoms with Crippen molar-refractivity contribution in [1.29, 1.82) is 0 Å². The number of rotatable bonds is 7. The van der Waals surface area contributed by atoms with Crippen LogP contribution in [0.2, 0.25) is 0 Å². The molecular weight excluding hydrogens is 326 g/mol. The summed E-state index contributed by atoms with van der Waals surface area (Å²) in [5.41, 5.74) is 3.09. The number of hydrogen-bond donors (Lipinski definition) is 0. The number of carbonyl (C=O) groups excluding carboxylic acids is 2. The van der Waals surface area contributed by atoms with Gasteiger partial charge in [0, 0.05) is 38.6 Å². The quantitative estimate of drug-likeness (QED) is 0.768. The molecule has 0 bridgehead atoms. The van der Waals surface area contributed by atoms with Crippen molar-refractivity contribution in [2.45, 2.75) is 33.1 Å². The zero-order valence-electron chi connectivity index (χ0n) is 16.0. The lowest BCUT2D eigenvalue weighted by Gasteiger charge is -2.25. The summed E-state index contributed by atoms with van der Waals surface area (Å²) in [4.78, 5) is 31.8. The van der Waals surface area contributed by atoms with Gasteiger partial charge in [-0.25, -0.2) is 0 Å². The molecule has 138 valence electrons. The Labute approximate surface area is 155 Å². The molecule has 0 radical (unpaired) electrons. The third-order valence-corrected chi connectivity index (χ3v) is 4.46. The second kappa shape index (κ2) is 9.13. The molecule has 0 unspecified atom stereocenters. The van der Waals surface area contributed by atoms with Crippen molar-refractivity contribution in [3.05, 3.63) is 59.9 Å². The Hall–Kier alpha value is -2.69. The van der Waals surface area contributed by atoms with Crippen LogP contribution in [0.15, 0.2) is 48.8 Å². The molecule has 5 heteroatoms. The Morgan fingerprint density at radius 3 is 2.19 bits per heavy atom. The van der Waals surface area contributed by atoms with Gasteiger partial charge in [0.15, 0.2) is 0 Å². The van der Waals surface area contributed by atoms with Crippen LogP contribution in [0, 0.1) is 0 Å². The number of nitrogens with zero attached hydrogens (tertiary/aromatic N) is 3. The number of carbonyl (C=O) groups is 2. The van der Waals surface area contributed by atoms with Crippen molar-refractivity contribution in [3.8, 4) is 0 Å². The minimum Gasteiger partial charge on any atom is -0.344 e. The lowest BCUT2D eigenvalue weighted by Crippen LogP contribution is -2.41. The molecule has 1 heterocycles. The first-order valence-electron chi connectivity index (χ1n) is 8.89. The van der Waals surface area contributed by atoms with Gasteiger partial charge in [-0.1, -0.05) is 26.0 Å². The zero-order valence-corrected chi connectivity index (χ0v) is 16.0. The number of benzene rings is 1. The first-order valence-corrected chi connectivity index (χ1v) is 8.89. The molecule has 0 aliphatic carbocycles. The van der Waals surface area contributed by atoms with Crippen LogP contribution in [0.5, 0.6) is 0 Å². The van der Waals surface area contributed by atoms with Gasteiger partial charge in [-0.05, 0) is 47.7 Å². The summed E-state index contributed by atoms with van der Waals surface area (Å²) in [5.74, 6) is 0.205. The molecule has 2 aromatic rings. The first kappa shape index (κ1) is 19.6. The molecule has 0 atom stereocenters. The molecule has 0 N–H and O–H groups in total. The highest BCUT2D eigenvalue weighted by molar-refractivity contribution is 5.97. The number of anilines is 1. The Morgan fingerprint density at radius 1 is 1.04 bits per heavy atom. The molecule has 0 saturated heterocycles. The van der Waals surface area contributed by atoms with Crippen molar-refractivity contribution < 1.29 is 9.59 Å². The van der Waals surface area contributed by atoms with Crippen LogP contribution in [-0.2, 0) is 16.0 Å². The molecule has 0 saturated carbocycles. The lowest BCUT2D eigenvalue weighted by molar-refractivity contribution is -0.130. The predicted octanol–water partition coefficient (Wildman–Crippen LogP) is 3.26. The molecule has 0 fully saturated rings. The van der Waals surface area contributed by atoms with Gasteiger partial charge in [-0.15, -0.1) is 0 Å². The fourth-order valence-corrected chi connectivity index (χ4v) is 2.65. The van der Waals surface area contributed by atoms with E-state index in [1.54, 1.807) is 24.3 Å². The Bertz CT molecular complexity index is 727. The van der Waals surface area contributed by atoms with Crippen LogP contribution in [0.25, 0.3) is 0 Å². The van der Waals surface area contributed by atoms with Crippen molar-refractivity contribution in [2.75, 3.05) is 25.0 Å². The minimum atomic E-state index is -0.141. The van der Waals surface area contributed by atoms with E-state index in [9.17, 15) is 9.59 Å². The van der Waals surface area contributed by atoms with Crippen LogP contribution in [0.1, 0.15) is 37.8 Å². The summed E-state index contributed by atoms with van der Waals surface area (Å²) in [6.45, 7) is 6.38. The zero-order chi connectivity index (χ0) is 19.1. The van der Waals surface area contributed by atoms with Gasteiger partial charge in [-0.2, -0.15) is 0 Å². The van der Waals surface area contributed by atoms with E-state index in [-0.39, 0.29) is 18.4 Å². The minimum absolute atomic E-state index is 0.0448. The van der Waals surface area contributed by atoms with Gasteiger partial charge in [0.25, 0.3) is 0 Å². The van der Waals surface area contributed by atoms with E-state index in [0.717, 1.165) is 17.7 Å². The molecule has 5 nitrogen and oxygen atoms in total. The van der Waals surface area contributed by atoms with E-state index in [1.807, 2.05) is 36.4 Å². The standard InChI is InChI=1S/C21H27N3O2/c1-16(2)19-5-7-20(8-6-19)24(17(3)25)15-21(26)23(4)14-11-18-9-12-22-13-10-18/h5-10,12-13,16H,11,14-15H2,1-4H3. The van der Waals surface area contributed by atoms with E-state index in [2.05, 4.69) is 18.8 Å². The number of aromatic nitrogens is 1. The van der Waals surface area contributed by atoms with Gasteiger partial charge in [-0.3, -0.25) is 14.6 Å². The fourth-order valence-electron chi connectivity index (χ4n) is 2.65. The monoisotopic (exact) mass is 353 g/mol. The van der Waals surface area contributed by atoms with Crippen LogP contribution < -0.4 is 4.90 Å². The topological polar surface area (TPSA) is 53.5 Å². The maximum Gasteiger partial charge on any atom is 0.242 e. The van der Waals surface area contributed by atoms with E-state index in [1.165, 1.54) is 17.4 Å². The highest BCUT2D eigenvalue weighted by atomic mass is 16.2. The summed E-state index contributed by atoms with van der Waals surface area (Å²) in [7, 11) is 1.77. The van der Waals surface area contributed by atoms with E-state index in [0.29, 0.717) is 12.5 Å². The molecule has 0 aliphatic rings. The SMILES string of the molecule is CC(=O)N(CC(=O)N(C)CCc1ccncc1)c1ccc(C(C)C)cc1. The number of amides is 2. The summed E-state index contributed by atoms with van der Waals surface area (Å²) in [5, 5.41) is 0.